The summed E-state index contributed by atoms with van der Waals surface area (Å²) in [6.07, 6.45) is 2.40. The lowest BCUT2D eigenvalue weighted by atomic mass is 10.2. The Morgan fingerprint density at radius 1 is 1.42 bits per heavy atom. The number of carbonyl (C=O) groups is 1. The zero-order chi connectivity index (χ0) is 19.3. The standard InChI is InChI=1S/C17H15BrClN3O4/c1-2-3-16(23)21-12-4-5-13(19)14(8-12)20-9-10-6-11(18)7-15(17(10)24)22(25)26/h4-9,24H,2-3H2,1H3,(H,21,23). The second kappa shape index (κ2) is 8.77. The summed E-state index contributed by atoms with van der Waals surface area (Å²) in [5, 5.41) is 24.1. The van der Waals surface area contributed by atoms with E-state index in [1.54, 1.807) is 18.2 Å². The number of anilines is 1. The number of nitro benzene ring substituents is 1. The number of nitro groups is 1. The molecule has 0 fully saturated rings. The molecule has 26 heavy (non-hydrogen) atoms. The van der Waals surface area contributed by atoms with Crippen LogP contribution in [0.25, 0.3) is 0 Å². The van der Waals surface area contributed by atoms with Gasteiger partial charge in [0.05, 0.1) is 15.6 Å². The van der Waals surface area contributed by atoms with Crippen molar-refractivity contribution in [1.29, 1.82) is 0 Å². The lowest BCUT2D eigenvalue weighted by Gasteiger charge is -2.06. The largest absolute Gasteiger partial charge is 0.502 e. The van der Waals surface area contributed by atoms with Gasteiger partial charge in [-0.05, 0) is 30.7 Å². The third-order valence-corrected chi connectivity index (χ3v) is 4.11. The molecule has 2 aromatic carbocycles. The van der Waals surface area contributed by atoms with Crippen molar-refractivity contribution < 1.29 is 14.8 Å². The van der Waals surface area contributed by atoms with Gasteiger partial charge in [-0.25, -0.2) is 0 Å². The van der Waals surface area contributed by atoms with E-state index in [1.807, 2.05) is 6.92 Å². The number of nitrogens with zero attached hydrogens (tertiary/aromatic N) is 2. The maximum Gasteiger partial charge on any atom is 0.312 e. The van der Waals surface area contributed by atoms with Crippen LogP contribution in [-0.4, -0.2) is 22.2 Å². The fourth-order valence-electron chi connectivity index (χ4n) is 2.12. The van der Waals surface area contributed by atoms with Crippen LogP contribution in [0.2, 0.25) is 5.02 Å². The summed E-state index contributed by atoms with van der Waals surface area (Å²) in [7, 11) is 0. The molecule has 2 N–H and O–H groups in total. The topological polar surface area (TPSA) is 105 Å². The molecule has 2 aromatic rings. The van der Waals surface area contributed by atoms with Crippen molar-refractivity contribution in [2.45, 2.75) is 19.8 Å². The molecular weight excluding hydrogens is 426 g/mol. The van der Waals surface area contributed by atoms with Crippen LogP contribution in [-0.2, 0) is 4.79 Å². The normalized spacial score (nSPS) is 10.9. The van der Waals surface area contributed by atoms with E-state index >= 15 is 0 Å². The van der Waals surface area contributed by atoms with Crippen molar-refractivity contribution in [2.75, 3.05) is 5.32 Å². The van der Waals surface area contributed by atoms with E-state index in [1.165, 1.54) is 18.3 Å². The molecule has 7 nitrogen and oxygen atoms in total. The Labute approximate surface area is 163 Å². The highest BCUT2D eigenvalue weighted by atomic mass is 79.9. The average Bonchev–Trinajstić information content (AvgIpc) is 2.57. The molecule has 136 valence electrons. The monoisotopic (exact) mass is 439 g/mol. The molecule has 0 heterocycles. The summed E-state index contributed by atoms with van der Waals surface area (Å²) >= 11 is 9.27. The number of benzene rings is 2. The Kier molecular flexibility index (Phi) is 6.70. The quantitative estimate of drug-likeness (QED) is 0.365. The van der Waals surface area contributed by atoms with Crippen molar-refractivity contribution in [2.24, 2.45) is 4.99 Å². The zero-order valence-corrected chi connectivity index (χ0v) is 16.0. The Balaban J connectivity index is 2.33. The number of rotatable bonds is 6. The number of phenolic OH excluding ortho intramolecular Hbond substituents is 1. The second-order valence-electron chi connectivity index (χ2n) is 5.34. The molecule has 0 saturated carbocycles. The van der Waals surface area contributed by atoms with Crippen molar-refractivity contribution >= 4 is 56.7 Å². The molecule has 0 radical (unpaired) electrons. The van der Waals surface area contributed by atoms with Crippen LogP contribution in [0.15, 0.2) is 39.8 Å². The van der Waals surface area contributed by atoms with Gasteiger partial charge in [-0.1, -0.05) is 34.5 Å². The van der Waals surface area contributed by atoms with Gasteiger partial charge in [0.1, 0.15) is 0 Å². The molecule has 0 unspecified atom stereocenters. The molecule has 0 aromatic heterocycles. The highest BCUT2D eigenvalue weighted by Crippen LogP contribution is 2.33. The third kappa shape index (κ3) is 5.03. The van der Waals surface area contributed by atoms with Crippen molar-refractivity contribution in [3.05, 3.63) is 55.5 Å². The number of phenols is 1. The highest BCUT2D eigenvalue weighted by molar-refractivity contribution is 9.10. The van der Waals surface area contributed by atoms with Crippen molar-refractivity contribution in [3.63, 3.8) is 0 Å². The highest BCUT2D eigenvalue weighted by Gasteiger charge is 2.17. The number of carbonyl (C=O) groups excluding carboxylic acids is 1. The van der Waals surface area contributed by atoms with Crippen LogP contribution in [0.3, 0.4) is 0 Å². The van der Waals surface area contributed by atoms with Gasteiger partial charge in [0.25, 0.3) is 0 Å². The lowest BCUT2D eigenvalue weighted by Crippen LogP contribution is -2.10. The SMILES string of the molecule is CCCC(=O)Nc1ccc(Cl)c(N=Cc2cc(Br)cc([N+](=O)[O-])c2O)c1. The van der Waals surface area contributed by atoms with Crippen LogP contribution in [0.5, 0.6) is 5.75 Å². The van der Waals surface area contributed by atoms with E-state index in [4.69, 9.17) is 11.6 Å². The summed E-state index contributed by atoms with van der Waals surface area (Å²) in [6.45, 7) is 1.90. The summed E-state index contributed by atoms with van der Waals surface area (Å²) in [5.74, 6) is -0.615. The number of aromatic hydroxyl groups is 1. The zero-order valence-electron chi connectivity index (χ0n) is 13.7. The second-order valence-corrected chi connectivity index (χ2v) is 6.67. The Hall–Kier alpha value is -2.45. The van der Waals surface area contributed by atoms with E-state index in [0.29, 0.717) is 27.3 Å². The molecule has 0 aliphatic rings. The molecule has 9 heteroatoms. The Morgan fingerprint density at radius 2 is 2.15 bits per heavy atom. The smallest absolute Gasteiger partial charge is 0.312 e. The third-order valence-electron chi connectivity index (χ3n) is 3.33. The first-order chi connectivity index (χ1) is 12.3. The van der Waals surface area contributed by atoms with Crippen LogP contribution in [0.4, 0.5) is 17.1 Å². The minimum atomic E-state index is -0.686. The first-order valence-corrected chi connectivity index (χ1v) is 8.79. The average molecular weight is 441 g/mol. The molecule has 0 aliphatic carbocycles. The molecule has 0 saturated heterocycles. The summed E-state index contributed by atoms with van der Waals surface area (Å²) in [5.41, 5.74) is 0.600. The molecule has 1 amide bonds. The molecule has 2 rings (SSSR count). The van der Waals surface area contributed by atoms with Gasteiger partial charge in [-0.2, -0.15) is 0 Å². The van der Waals surface area contributed by atoms with Crippen LogP contribution in [0, 0.1) is 10.1 Å². The van der Waals surface area contributed by atoms with E-state index in [9.17, 15) is 20.0 Å². The van der Waals surface area contributed by atoms with Crippen molar-refractivity contribution in [1.82, 2.24) is 0 Å². The van der Waals surface area contributed by atoms with E-state index < -0.39 is 16.4 Å². The summed E-state index contributed by atoms with van der Waals surface area (Å²) in [4.78, 5) is 26.2. The molecular formula is C17H15BrClN3O4. The Bertz CT molecular complexity index is 887. The summed E-state index contributed by atoms with van der Waals surface area (Å²) in [6, 6.07) is 7.50. The molecule has 0 aliphatic heterocycles. The molecule has 0 bridgehead atoms. The first-order valence-electron chi connectivity index (χ1n) is 7.62. The van der Waals surface area contributed by atoms with Crippen LogP contribution in [0.1, 0.15) is 25.3 Å². The van der Waals surface area contributed by atoms with Gasteiger partial charge in [0.2, 0.25) is 11.7 Å². The van der Waals surface area contributed by atoms with Gasteiger partial charge in [0.15, 0.2) is 0 Å². The Morgan fingerprint density at radius 3 is 2.81 bits per heavy atom. The fraction of sp³-hybridized carbons (Fsp3) is 0.176. The summed E-state index contributed by atoms with van der Waals surface area (Å²) < 4.78 is 0.426. The van der Waals surface area contributed by atoms with Gasteiger partial charge in [-0.15, -0.1) is 0 Å². The van der Waals surface area contributed by atoms with E-state index in [2.05, 4.69) is 26.2 Å². The number of amides is 1. The van der Waals surface area contributed by atoms with E-state index in [0.717, 1.165) is 6.42 Å². The fourth-order valence-corrected chi connectivity index (χ4v) is 2.75. The minimum absolute atomic E-state index is 0.120. The number of halogens is 2. The molecule has 0 atom stereocenters. The predicted octanol–water partition coefficient (Wildman–Crippen LogP) is 5.21. The number of aliphatic imine (C=N–C) groups is 1. The predicted molar refractivity (Wildman–Crippen MR) is 105 cm³/mol. The van der Waals surface area contributed by atoms with Crippen LogP contribution < -0.4 is 5.32 Å². The minimum Gasteiger partial charge on any atom is -0.502 e. The van der Waals surface area contributed by atoms with Crippen molar-refractivity contribution in [3.8, 4) is 5.75 Å². The lowest BCUT2D eigenvalue weighted by molar-refractivity contribution is -0.385. The first kappa shape index (κ1) is 19.9. The van der Waals surface area contributed by atoms with Gasteiger partial charge >= 0.3 is 5.69 Å². The maximum absolute atomic E-state index is 11.7. The number of nitrogens with one attached hydrogen (secondary N) is 1. The van der Waals surface area contributed by atoms with Crippen LogP contribution >= 0.6 is 27.5 Å². The maximum atomic E-state index is 11.7. The number of hydrogen-bond acceptors (Lipinski definition) is 5. The van der Waals surface area contributed by atoms with Gasteiger partial charge < -0.3 is 10.4 Å². The van der Waals surface area contributed by atoms with Gasteiger partial charge in [0, 0.05) is 34.4 Å². The van der Waals surface area contributed by atoms with E-state index in [-0.39, 0.29) is 11.5 Å². The molecule has 0 spiro atoms. The van der Waals surface area contributed by atoms with Gasteiger partial charge in [-0.3, -0.25) is 19.9 Å². The number of hydrogen-bond donors (Lipinski definition) is 2.